The van der Waals surface area contributed by atoms with Gasteiger partial charge < -0.3 is 10.0 Å². The summed E-state index contributed by atoms with van der Waals surface area (Å²) >= 11 is 0. The standard InChI is InChI=1S/C18H23N3O2/c1-14(22)17-12-16-13-20(10-11-21(16)19-17)18(23)9-5-8-15-6-3-2-4-7-15/h2-4,6-7,12,14,22H,5,8-11,13H2,1H3. The summed E-state index contributed by atoms with van der Waals surface area (Å²) in [5, 5.41) is 14.0. The van der Waals surface area contributed by atoms with Gasteiger partial charge >= 0.3 is 0 Å². The van der Waals surface area contributed by atoms with Crippen LogP contribution in [0, 0.1) is 0 Å². The summed E-state index contributed by atoms with van der Waals surface area (Å²) in [5.41, 5.74) is 2.96. The van der Waals surface area contributed by atoms with Gasteiger partial charge in [0.15, 0.2) is 0 Å². The van der Waals surface area contributed by atoms with Crippen molar-refractivity contribution < 1.29 is 9.90 Å². The topological polar surface area (TPSA) is 58.4 Å². The molecule has 5 heteroatoms. The number of carbonyl (C=O) groups is 1. The molecule has 3 rings (SSSR count). The highest BCUT2D eigenvalue weighted by atomic mass is 16.3. The Hall–Kier alpha value is -2.14. The first-order valence-electron chi connectivity index (χ1n) is 8.20. The minimum absolute atomic E-state index is 0.201. The Labute approximate surface area is 136 Å². The monoisotopic (exact) mass is 313 g/mol. The summed E-state index contributed by atoms with van der Waals surface area (Å²) in [6.45, 7) is 3.69. The van der Waals surface area contributed by atoms with Crippen molar-refractivity contribution in [3.05, 3.63) is 53.3 Å². The van der Waals surface area contributed by atoms with Crippen LogP contribution in [0.5, 0.6) is 0 Å². The van der Waals surface area contributed by atoms with Crippen LogP contribution in [0.3, 0.4) is 0 Å². The lowest BCUT2D eigenvalue weighted by Gasteiger charge is -2.27. The average Bonchev–Trinajstić information content (AvgIpc) is 2.99. The number of nitrogens with zero attached hydrogens (tertiary/aromatic N) is 3. The van der Waals surface area contributed by atoms with Crippen LogP contribution in [0.15, 0.2) is 36.4 Å². The minimum Gasteiger partial charge on any atom is -0.387 e. The van der Waals surface area contributed by atoms with E-state index in [9.17, 15) is 9.90 Å². The number of fused-ring (bicyclic) bond motifs is 1. The van der Waals surface area contributed by atoms with E-state index in [4.69, 9.17) is 0 Å². The van der Waals surface area contributed by atoms with E-state index in [1.54, 1.807) is 6.92 Å². The second-order valence-electron chi connectivity index (χ2n) is 6.11. The first-order chi connectivity index (χ1) is 11.1. The van der Waals surface area contributed by atoms with E-state index < -0.39 is 6.10 Å². The van der Waals surface area contributed by atoms with E-state index in [1.807, 2.05) is 33.8 Å². The molecule has 1 N–H and O–H groups in total. The van der Waals surface area contributed by atoms with Crippen molar-refractivity contribution in [2.24, 2.45) is 0 Å². The highest BCUT2D eigenvalue weighted by Crippen LogP contribution is 2.18. The molecule has 0 spiro atoms. The number of hydrogen-bond donors (Lipinski definition) is 1. The molecule has 5 nitrogen and oxygen atoms in total. The molecule has 1 amide bonds. The van der Waals surface area contributed by atoms with Crippen molar-refractivity contribution >= 4 is 5.91 Å². The van der Waals surface area contributed by atoms with Crippen molar-refractivity contribution in [1.82, 2.24) is 14.7 Å². The number of hydrogen-bond acceptors (Lipinski definition) is 3. The van der Waals surface area contributed by atoms with Gasteiger partial charge in [-0.1, -0.05) is 30.3 Å². The van der Waals surface area contributed by atoms with E-state index in [-0.39, 0.29) is 5.91 Å². The SMILES string of the molecule is CC(O)c1cc2n(n1)CCN(C(=O)CCCc1ccccc1)C2. The number of amides is 1. The third kappa shape index (κ3) is 3.79. The van der Waals surface area contributed by atoms with E-state index >= 15 is 0 Å². The van der Waals surface area contributed by atoms with Crippen molar-refractivity contribution in [2.45, 2.75) is 45.4 Å². The van der Waals surface area contributed by atoms with Crippen LogP contribution in [0.25, 0.3) is 0 Å². The quantitative estimate of drug-likeness (QED) is 0.921. The van der Waals surface area contributed by atoms with Crippen molar-refractivity contribution in [2.75, 3.05) is 6.54 Å². The van der Waals surface area contributed by atoms with Crippen LogP contribution in [0.2, 0.25) is 0 Å². The van der Waals surface area contributed by atoms with E-state index in [2.05, 4.69) is 17.2 Å². The number of aliphatic hydroxyl groups is 1. The lowest BCUT2D eigenvalue weighted by Crippen LogP contribution is -2.38. The van der Waals surface area contributed by atoms with Gasteiger partial charge in [-0.05, 0) is 31.4 Å². The summed E-state index contributed by atoms with van der Waals surface area (Å²) in [4.78, 5) is 14.3. The Balaban J connectivity index is 1.52. The Morgan fingerprint density at radius 2 is 2.09 bits per heavy atom. The smallest absolute Gasteiger partial charge is 0.222 e. The number of aliphatic hydroxyl groups excluding tert-OH is 1. The number of benzene rings is 1. The minimum atomic E-state index is -0.567. The summed E-state index contributed by atoms with van der Waals surface area (Å²) in [6.07, 6.45) is 1.82. The van der Waals surface area contributed by atoms with Crippen LogP contribution in [-0.4, -0.2) is 32.2 Å². The summed E-state index contributed by atoms with van der Waals surface area (Å²) in [6, 6.07) is 12.2. The molecule has 2 aromatic rings. The lowest BCUT2D eigenvalue weighted by atomic mass is 10.1. The highest BCUT2D eigenvalue weighted by molar-refractivity contribution is 5.76. The van der Waals surface area contributed by atoms with Gasteiger partial charge in [-0.25, -0.2) is 0 Å². The molecular formula is C18H23N3O2. The van der Waals surface area contributed by atoms with Crippen LogP contribution < -0.4 is 0 Å². The maximum atomic E-state index is 12.4. The van der Waals surface area contributed by atoms with Crippen molar-refractivity contribution in [3.8, 4) is 0 Å². The Morgan fingerprint density at radius 1 is 1.30 bits per heavy atom. The van der Waals surface area contributed by atoms with Gasteiger partial charge in [0.05, 0.1) is 30.6 Å². The first-order valence-corrected chi connectivity index (χ1v) is 8.20. The zero-order chi connectivity index (χ0) is 16.2. The molecule has 2 heterocycles. The fourth-order valence-electron chi connectivity index (χ4n) is 2.95. The fraction of sp³-hybridized carbons (Fsp3) is 0.444. The molecule has 1 aromatic heterocycles. The largest absolute Gasteiger partial charge is 0.387 e. The maximum absolute atomic E-state index is 12.4. The second-order valence-corrected chi connectivity index (χ2v) is 6.11. The first kappa shape index (κ1) is 15.7. The van der Waals surface area contributed by atoms with Gasteiger partial charge in [-0.3, -0.25) is 9.48 Å². The van der Waals surface area contributed by atoms with Crippen LogP contribution >= 0.6 is 0 Å². The van der Waals surface area contributed by atoms with Crippen molar-refractivity contribution in [1.29, 1.82) is 0 Å². The molecule has 122 valence electrons. The molecule has 1 unspecified atom stereocenters. The third-order valence-corrected chi connectivity index (χ3v) is 4.30. The molecular weight excluding hydrogens is 290 g/mol. The second kappa shape index (κ2) is 6.96. The summed E-state index contributed by atoms with van der Waals surface area (Å²) in [5.74, 6) is 0.201. The number of aromatic nitrogens is 2. The fourth-order valence-corrected chi connectivity index (χ4v) is 2.95. The Morgan fingerprint density at radius 3 is 2.83 bits per heavy atom. The molecule has 1 aromatic carbocycles. The van der Waals surface area contributed by atoms with Gasteiger partial charge in [-0.15, -0.1) is 0 Å². The third-order valence-electron chi connectivity index (χ3n) is 4.30. The maximum Gasteiger partial charge on any atom is 0.222 e. The average molecular weight is 313 g/mol. The van der Waals surface area contributed by atoms with Gasteiger partial charge in [-0.2, -0.15) is 5.10 Å². The predicted molar refractivity (Wildman–Crippen MR) is 87.7 cm³/mol. The molecule has 1 aliphatic rings. The Bertz CT molecular complexity index is 664. The molecule has 0 saturated heterocycles. The number of rotatable bonds is 5. The molecule has 0 saturated carbocycles. The van der Waals surface area contributed by atoms with Crippen LogP contribution in [-0.2, 0) is 24.3 Å². The molecule has 0 aliphatic carbocycles. The van der Waals surface area contributed by atoms with Crippen LogP contribution in [0.4, 0.5) is 0 Å². The lowest BCUT2D eigenvalue weighted by molar-refractivity contribution is -0.132. The summed E-state index contributed by atoms with van der Waals surface area (Å²) in [7, 11) is 0. The molecule has 1 atom stereocenters. The van der Waals surface area contributed by atoms with Gasteiger partial charge in [0.2, 0.25) is 5.91 Å². The predicted octanol–water partition coefficient (Wildman–Crippen LogP) is 2.30. The number of aryl methyl sites for hydroxylation is 1. The molecule has 0 bridgehead atoms. The zero-order valence-electron chi connectivity index (χ0n) is 13.5. The number of carbonyl (C=O) groups excluding carboxylic acids is 1. The molecule has 23 heavy (non-hydrogen) atoms. The summed E-state index contributed by atoms with van der Waals surface area (Å²) < 4.78 is 1.90. The highest BCUT2D eigenvalue weighted by Gasteiger charge is 2.22. The van der Waals surface area contributed by atoms with Gasteiger partial charge in [0.1, 0.15) is 0 Å². The Kier molecular flexibility index (Phi) is 4.76. The normalized spacial score (nSPS) is 15.3. The molecule has 0 radical (unpaired) electrons. The molecule has 1 aliphatic heterocycles. The zero-order valence-corrected chi connectivity index (χ0v) is 13.5. The van der Waals surface area contributed by atoms with E-state index in [0.29, 0.717) is 31.7 Å². The van der Waals surface area contributed by atoms with Gasteiger partial charge in [0, 0.05) is 13.0 Å². The van der Waals surface area contributed by atoms with Gasteiger partial charge in [0.25, 0.3) is 0 Å². The van der Waals surface area contributed by atoms with E-state index in [1.165, 1.54) is 5.56 Å². The van der Waals surface area contributed by atoms with Crippen molar-refractivity contribution in [3.63, 3.8) is 0 Å². The molecule has 0 fully saturated rings. The van der Waals surface area contributed by atoms with E-state index in [0.717, 1.165) is 18.5 Å². The van der Waals surface area contributed by atoms with Crippen LogP contribution in [0.1, 0.15) is 42.8 Å².